The zero-order valence-electron chi connectivity index (χ0n) is 20.2. The van der Waals surface area contributed by atoms with Gasteiger partial charge in [0.25, 0.3) is 0 Å². The highest BCUT2D eigenvalue weighted by Crippen LogP contribution is 2.67. The van der Waals surface area contributed by atoms with Crippen molar-refractivity contribution < 1.29 is 24.4 Å². The molecule has 0 radical (unpaired) electrons. The lowest BCUT2D eigenvalue weighted by Crippen LogP contribution is -2.54. The number of fused-ring (bicyclic) bond motifs is 6. The van der Waals surface area contributed by atoms with Crippen LogP contribution in [0.4, 0.5) is 0 Å². The molecule has 0 saturated heterocycles. The molecule has 0 unspecified atom stereocenters. The van der Waals surface area contributed by atoms with E-state index in [0.29, 0.717) is 40.4 Å². The highest BCUT2D eigenvalue weighted by atomic mass is 16.7. The van der Waals surface area contributed by atoms with Gasteiger partial charge in [-0.2, -0.15) is 0 Å². The van der Waals surface area contributed by atoms with Crippen LogP contribution in [0.3, 0.4) is 0 Å². The van der Waals surface area contributed by atoms with Gasteiger partial charge in [-0.3, -0.25) is 0 Å². The second-order valence-corrected chi connectivity index (χ2v) is 11.9. The Morgan fingerprint density at radius 1 is 1.00 bits per heavy atom. The second-order valence-electron chi connectivity index (χ2n) is 11.9. The van der Waals surface area contributed by atoms with Gasteiger partial charge in [-0.1, -0.05) is 19.9 Å². The van der Waals surface area contributed by atoms with Crippen LogP contribution in [0.15, 0.2) is 17.7 Å². The molecular formula is C28H38O5. The van der Waals surface area contributed by atoms with Crippen molar-refractivity contribution in [3.8, 4) is 17.2 Å². The molecule has 4 fully saturated rings. The third-order valence-electron chi connectivity index (χ3n) is 10.5. The molecule has 0 aromatic heterocycles. The topological polar surface area (TPSA) is 68.2 Å². The van der Waals surface area contributed by atoms with Gasteiger partial charge in [0.05, 0.1) is 19.3 Å². The van der Waals surface area contributed by atoms with Crippen LogP contribution >= 0.6 is 0 Å². The third kappa shape index (κ3) is 3.18. The molecule has 5 nitrogen and oxygen atoms in total. The summed E-state index contributed by atoms with van der Waals surface area (Å²) in [6, 6.07) is 3.98. The molecule has 6 rings (SSSR count). The standard InChI is InChI=1S/C28H38O5/c1-27-8-6-19(29)14-18(27)4-5-20-21(27)7-9-28(2)22(20)13-17(26(28)30)10-16-11-23(31-3)25-24(12-16)32-15-33-25/h10-12,18-22,26,29-30H,4-9,13-15H2,1-3H3/b17-10+/t18-,19+,20-,21+,22+,26-,27+,28+/m1/s1. The molecule has 0 amide bonds. The molecule has 1 aromatic rings. The maximum Gasteiger partial charge on any atom is 0.231 e. The zero-order chi connectivity index (χ0) is 23.0. The fourth-order valence-electron chi connectivity index (χ4n) is 8.68. The number of benzene rings is 1. The van der Waals surface area contributed by atoms with Crippen molar-refractivity contribution in [3.05, 3.63) is 23.3 Å². The summed E-state index contributed by atoms with van der Waals surface area (Å²) >= 11 is 0. The first kappa shape index (κ1) is 21.8. The third-order valence-corrected chi connectivity index (χ3v) is 10.5. The first-order valence-corrected chi connectivity index (χ1v) is 12.9. The van der Waals surface area contributed by atoms with Gasteiger partial charge in [0.15, 0.2) is 11.5 Å². The van der Waals surface area contributed by atoms with E-state index in [0.717, 1.165) is 49.2 Å². The summed E-state index contributed by atoms with van der Waals surface area (Å²) in [4.78, 5) is 0. The van der Waals surface area contributed by atoms with Gasteiger partial charge in [0.1, 0.15) is 0 Å². The zero-order valence-corrected chi connectivity index (χ0v) is 20.2. The number of ether oxygens (including phenoxy) is 3. The normalized spacial score (nSPS) is 44.8. The molecule has 0 spiro atoms. The van der Waals surface area contributed by atoms with Gasteiger partial charge in [-0.25, -0.2) is 0 Å². The molecule has 0 bridgehead atoms. The Morgan fingerprint density at radius 2 is 1.82 bits per heavy atom. The molecule has 1 heterocycles. The fourth-order valence-corrected chi connectivity index (χ4v) is 8.68. The summed E-state index contributed by atoms with van der Waals surface area (Å²) in [6.07, 6.45) is 10.5. The molecule has 5 heteroatoms. The van der Waals surface area contributed by atoms with Gasteiger partial charge in [-0.15, -0.1) is 0 Å². The minimum absolute atomic E-state index is 0.0508. The highest BCUT2D eigenvalue weighted by Gasteiger charge is 2.61. The molecule has 33 heavy (non-hydrogen) atoms. The molecule has 4 aliphatic carbocycles. The molecule has 5 aliphatic rings. The summed E-state index contributed by atoms with van der Waals surface area (Å²) in [6.45, 7) is 5.07. The quantitative estimate of drug-likeness (QED) is 0.644. The predicted octanol–water partition coefficient (Wildman–Crippen LogP) is 5.18. The van der Waals surface area contributed by atoms with E-state index in [2.05, 4.69) is 19.9 Å². The Morgan fingerprint density at radius 3 is 2.64 bits per heavy atom. The molecule has 8 atom stereocenters. The largest absolute Gasteiger partial charge is 0.493 e. The number of rotatable bonds is 2. The van der Waals surface area contributed by atoms with Crippen LogP contribution in [0.2, 0.25) is 0 Å². The van der Waals surface area contributed by atoms with Crippen molar-refractivity contribution in [2.45, 2.75) is 77.4 Å². The maximum atomic E-state index is 11.6. The van der Waals surface area contributed by atoms with Gasteiger partial charge >= 0.3 is 0 Å². The number of hydrogen-bond donors (Lipinski definition) is 2. The molecular weight excluding hydrogens is 416 g/mol. The molecule has 1 aromatic carbocycles. The average Bonchev–Trinajstić information content (AvgIpc) is 3.37. The van der Waals surface area contributed by atoms with E-state index in [-0.39, 0.29) is 18.3 Å². The van der Waals surface area contributed by atoms with E-state index in [1.54, 1.807) is 7.11 Å². The number of hydrogen-bond acceptors (Lipinski definition) is 5. The van der Waals surface area contributed by atoms with E-state index in [1.807, 2.05) is 12.1 Å². The summed E-state index contributed by atoms with van der Waals surface area (Å²) in [5, 5.41) is 21.8. The lowest BCUT2D eigenvalue weighted by molar-refractivity contribution is -0.133. The molecule has 4 saturated carbocycles. The van der Waals surface area contributed by atoms with Crippen molar-refractivity contribution >= 4 is 6.08 Å². The van der Waals surface area contributed by atoms with Gasteiger partial charge in [0, 0.05) is 5.41 Å². The monoisotopic (exact) mass is 454 g/mol. The van der Waals surface area contributed by atoms with Crippen LogP contribution in [0.25, 0.3) is 6.08 Å². The van der Waals surface area contributed by atoms with Crippen LogP contribution in [-0.4, -0.2) is 36.3 Å². The summed E-state index contributed by atoms with van der Waals surface area (Å²) < 4.78 is 16.7. The minimum Gasteiger partial charge on any atom is -0.493 e. The first-order valence-electron chi connectivity index (χ1n) is 12.9. The minimum atomic E-state index is -0.404. The van der Waals surface area contributed by atoms with E-state index < -0.39 is 6.10 Å². The fraction of sp³-hybridized carbons (Fsp3) is 0.714. The molecule has 1 aliphatic heterocycles. The maximum absolute atomic E-state index is 11.6. The van der Waals surface area contributed by atoms with E-state index >= 15 is 0 Å². The first-order chi connectivity index (χ1) is 15.8. The number of methoxy groups -OCH3 is 1. The summed E-state index contributed by atoms with van der Waals surface area (Å²) in [7, 11) is 1.65. The smallest absolute Gasteiger partial charge is 0.231 e. The Labute approximate surface area is 197 Å². The van der Waals surface area contributed by atoms with Crippen molar-refractivity contribution in [2.75, 3.05) is 13.9 Å². The van der Waals surface area contributed by atoms with E-state index in [1.165, 1.54) is 19.3 Å². The van der Waals surface area contributed by atoms with Crippen molar-refractivity contribution in [2.24, 2.45) is 34.5 Å². The lowest BCUT2D eigenvalue weighted by Gasteiger charge is -2.60. The lowest BCUT2D eigenvalue weighted by atomic mass is 9.45. The van der Waals surface area contributed by atoms with Crippen molar-refractivity contribution in [1.82, 2.24) is 0 Å². The average molecular weight is 455 g/mol. The SMILES string of the molecule is COc1cc(/C=C2\C[C@H]3[C@@H]4CC[C@@H]5C[C@@H](O)CC[C@]5(C)[C@H]4CC[C@]3(C)[C@@H]2O)cc2c1OCO2. The summed E-state index contributed by atoms with van der Waals surface area (Å²) in [5.74, 6) is 4.64. The van der Waals surface area contributed by atoms with Crippen LogP contribution in [0.1, 0.15) is 70.8 Å². The highest BCUT2D eigenvalue weighted by molar-refractivity contribution is 5.65. The van der Waals surface area contributed by atoms with Crippen molar-refractivity contribution in [1.29, 1.82) is 0 Å². The van der Waals surface area contributed by atoms with Crippen LogP contribution < -0.4 is 14.2 Å². The molecule has 2 N–H and O–H groups in total. The van der Waals surface area contributed by atoms with Crippen LogP contribution in [-0.2, 0) is 0 Å². The number of aliphatic hydroxyl groups is 2. The van der Waals surface area contributed by atoms with E-state index in [4.69, 9.17) is 14.2 Å². The van der Waals surface area contributed by atoms with Gasteiger partial charge < -0.3 is 24.4 Å². The second kappa shape index (κ2) is 7.64. The van der Waals surface area contributed by atoms with Crippen molar-refractivity contribution in [3.63, 3.8) is 0 Å². The Kier molecular flexibility index (Phi) is 5.05. The number of aliphatic hydroxyl groups excluding tert-OH is 2. The predicted molar refractivity (Wildman–Crippen MR) is 126 cm³/mol. The van der Waals surface area contributed by atoms with Crippen LogP contribution in [0, 0.1) is 34.5 Å². The molecule has 180 valence electrons. The Hall–Kier alpha value is -1.72. The van der Waals surface area contributed by atoms with Gasteiger partial charge in [0.2, 0.25) is 12.5 Å². The van der Waals surface area contributed by atoms with Crippen LogP contribution in [0.5, 0.6) is 17.2 Å². The van der Waals surface area contributed by atoms with E-state index in [9.17, 15) is 10.2 Å². The summed E-state index contributed by atoms with van der Waals surface area (Å²) in [5.41, 5.74) is 2.45. The Bertz CT molecular complexity index is 971. The Balaban J connectivity index is 1.30. The van der Waals surface area contributed by atoms with Gasteiger partial charge in [-0.05, 0) is 104 Å².